The number of Topliss-reactive ketones (excluding diaryl/α,β-unsaturated/α-hetero) is 1. The molecule has 206 valence electrons. The fraction of sp³-hybridized carbons (Fsp3) is 0.773. The zero-order chi connectivity index (χ0) is 27.3. The zero-order valence-electron chi connectivity index (χ0n) is 21.0. The minimum absolute atomic E-state index is 0.0426. The number of phosphoric acid groups is 1. The van der Waals surface area contributed by atoms with Crippen molar-refractivity contribution in [3.05, 3.63) is 0 Å². The highest BCUT2D eigenvalue weighted by molar-refractivity contribution is 7.47. The van der Waals surface area contributed by atoms with Gasteiger partial charge in [0.25, 0.3) is 0 Å². The molecule has 0 aliphatic carbocycles. The van der Waals surface area contributed by atoms with Crippen LogP contribution < -0.4 is 5.32 Å². The highest BCUT2D eigenvalue weighted by Gasteiger charge is 2.37. The van der Waals surface area contributed by atoms with Gasteiger partial charge < -0.3 is 25.0 Å². The number of likely N-dealkylation sites (tertiary alicyclic amines) is 1. The van der Waals surface area contributed by atoms with Crippen molar-refractivity contribution in [1.29, 1.82) is 0 Å². The Morgan fingerprint density at radius 1 is 1.08 bits per heavy atom. The van der Waals surface area contributed by atoms with Gasteiger partial charge in [-0.15, -0.1) is 0 Å². The second-order valence-corrected chi connectivity index (χ2v) is 9.81. The minimum Gasteiger partial charge on any atom is -0.481 e. The Hall–Kier alpha value is -2.34. The number of esters is 1. The van der Waals surface area contributed by atoms with E-state index in [1.165, 1.54) is 4.90 Å². The molecular formula is C22H37N2O11P. The Balaban J connectivity index is 2.67. The molecule has 2 unspecified atom stereocenters. The van der Waals surface area contributed by atoms with Gasteiger partial charge in [0.1, 0.15) is 18.5 Å². The maximum absolute atomic E-state index is 12.7. The molecule has 36 heavy (non-hydrogen) atoms. The summed E-state index contributed by atoms with van der Waals surface area (Å²) in [6.07, 6.45) is -0.710. The largest absolute Gasteiger partial charge is 0.481 e. The van der Waals surface area contributed by atoms with E-state index < -0.39 is 44.5 Å². The number of amides is 2. The molecule has 1 saturated heterocycles. The number of carbonyl (C=O) groups excluding carboxylic acids is 4. The Morgan fingerprint density at radius 3 is 2.36 bits per heavy atom. The molecule has 0 radical (unpaired) electrons. The predicted octanol–water partition coefficient (Wildman–Crippen LogP) is 1.56. The van der Waals surface area contributed by atoms with Gasteiger partial charge >= 0.3 is 19.8 Å². The number of hydrogen-bond acceptors (Lipinski definition) is 9. The Morgan fingerprint density at radius 2 is 1.78 bits per heavy atom. The number of nitrogens with zero attached hydrogens (tertiary/aromatic N) is 1. The smallest absolute Gasteiger partial charge is 0.473 e. The SMILES string of the molecule is CCC(=O)CCC(CNC(=O)CC)OP(=O)(O)OCC(=O)N1C[C@H](OC(=O)CCC(=O)O)C[C@H]1CC. The van der Waals surface area contributed by atoms with E-state index in [9.17, 15) is 33.4 Å². The molecule has 0 aromatic heterocycles. The number of rotatable bonds is 17. The van der Waals surface area contributed by atoms with Crippen LogP contribution in [-0.4, -0.2) is 82.4 Å². The Labute approximate surface area is 210 Å². The van der Waals surface area contributed by atoms with Gasteiger partial charge in [0.2, 0.25) is 11.8 Å². The van der Waals surface area contributed by atoms with Gasteiger partial charge in [-0.2, -0.15) is 0 Å². The van der Waals surface area contributed by atoms with E-state index in [-0.39, 0.29) is 62.9 Å². The Kier molecular flexibility index (Phi) is 13.8. The molecule has 4 atom stereocenters. The highest BCUT2D eigenvalue weighted by Crippen LogP contribution is 2.45. The van der Waals surface area contributed by atoms with E-state index in [2.05, 4.69) is 5.32 Å². The average molecular weight is 537 g/mol. The van der Waals surface area contributed by atoms with Crippen molar-refractivity contribution < 1.29 is 52.3 Å². The quantitative estimate of drug-likeness (QED) is 0.181. The van der Waals surface area contributed by atoms with Crippen LogP contribution in [-0.2, 0) is 42.3 Å². The molecule has 3 N–H and O–H groups in total. The monoisotopic (exact) mass is 536 g/mol. The Bertz CT molecular complexity index is 815. The normalized spacial score (nSPS) is 19.8. The van der Waals surface area contributed by atoms with Crippen LogP contribution in [0.4, 0.5) is 0 Å². The molecule has 13 nitrogen and oxygen atoms in total. The van der Waals surface area contributed by atoms with Crippen LogP contribution in [0.5, 0.6) is 0 Å². The zero-order valence-corrected chi connectivity index (χ0v) is 21.9. The molecule has 0 spiro atoms. The number of carbonyl (C=O) groups is 5. The summed E-state index contributed by atoms with van der Waals surface area (Å²) in [5.74, 6) is -2.79. The van der Waals surface area contributed by atoms with Gasteiger partial charge in [0.15, 0.2) is 0 Å². The lowest BCUT2D eigenvalue weighted by molar-refractivity contribution is -0.152. The number of carboxylic acids is 1. The third-order valence-electron chi connectivity index (χ3n) is 5.63. The van der Waals surface area contributed by atoms with Gasteiger partial charge in [0.05, 0.1) is 25.5 Å². The van der Waals surface area contributed by atoms with Gasteiger partial charge in [-0.1, -0.05) is 20.8 Å². The number of nitrogens with one attached hydrogen (secondary N) is 1. The molecule has 1 heterocycles. The molecule has 0 aromatic carbocycles. The summed E-state index contributed by atoms with van der Waals surface area (Å²) in [5.41, 5.74) is 0. The van der Waals surface area contributed by atoms with Crippen molar-refractivity contribution in [3.8, 4) is 0 Å². The molecule has 14 heteroatoms. The molecule has 0 aromatic rings. The van der Waals surface area contributed by atoms with Crippen molar-refractivity contribution in [2.45, 2.75) is 90.4 Å². The van der Waals surface area contributed by atoms with E-state index >= 15 is 0 Å². The van der Waals surface area contributed by atoms with Crippen molar-refractivity contribution in [1.82, 2.24) is 10.2 Å². The van der Waals surface area contributed by atoms with Gasteiger partial charge in [0, 0.05) is 38.3 Å². The summed E-state index contributed by atoms with van der Waals surface area (Å²) >= 11 is 0. The number of carboxylic acid groups (broad SMARTS) is 1. The summed E-state index contributed by atoms with van der Waals surface area (Å²) in [7, 11) is -4.72. The van der Waals surface area contributed by atoms with Crippen LogP contribution in [0.1, 0.15) is 72.1 Å². The molecule has 1 aliphatic heterocycles. The lowest BCUT2D eigenvalue weighted by atomic mass is 10.1. The topological polar surface area (TPSA) is 186 Å². The standard InChI is InChI=1S/C22H37N2O11P/c1-4-15-11-18(34-22(30)10-9-21(28)29)13-24(15)20(27)14-33-36(31,32)35-17(8-7-16(25)5-2)12-23-19(26)6-3/h15,17-18H,4-14H2,1-3H3,(H,23,26)(H,28,29)(H,31,32)/t15-,17?,18-/m1/s1. The summed E-state index contributed by atoms with van der Waals surface area (Å²) < 4.78 is 27.8. The third-order valence-corrected chi connectivity index (χ3v) is 6.65. The van der Waals surface area contributed by atoms with E-state index in [1.807, 2.05) is 6.92 Å². The number of ketones is 1. The second-order valence-electron chi connectivity index (χ2n) is 8.41. The lowest BCUT2D eigenvalue weighted by Crippen LogP contribution is -2.38. The average Bonchev–Trinajstić information content (AvgIpc) is 3.25. The van der Waals surface area contributed by atoms with Gasteiger partial charge in [-0.25, -0.2) is 4.57 Å². The summed E-state index contributed by atoms with van der Waals surface area (Å²) in [4.78, 5) is 69.8. The van der Waals surface area contributed by atoms with Crippen LogP contribution in [0.2, 0.25) is 0 Å². The van der Waals surface area contributed by atoms with Crippen LogP contribution in [0, 0.1) is 0 Å². The van der Waals surface area contributed by atoms with Crippen molar-refractivity contribution in [3.63, 3.8) is 0 Å². The number of phosphoric ester groups is 1. The molecule has 1 aliphatic rings. The predicted molar refractivity (Wildman–Crippen MR) is 126 cm³/mol. The van der Waals surface area contributed by atoms with E-state index in [1.54, 1.807) is 13.8 Å². The minimum atomic E-state index is -4.72. The molecule has 1 rings (SSSR count). The summed E-state index contributed by atoms with van der Waals surface area (Å²) in [6, 6.07) is -0.297. The first kappa shape index (κ1) is 31.7. The van der Waals surface area contributed by atoms with Crippen LogP contribution >= 0.6 is 7.82 Å². The summed E-state index contributed by atoms with van der Waals surface area (Å²) in [5, 5.41) is 11.2. The molecule has 0 bridgehead atoms. The highest BCUT2D eigenvalue weighted by atomic mass is 31.2. The molecule has 2 amide bonds. The maximum atomic E-state index is 12.7. The maximum Gasteiger partial charge on any atom is 0.473 e. The van der Waals surface area contributed by atoms with E-state index in [4.69, 9.17) is 18.9 Å². The number of ether oxygens (including phenoxy) is 1. The van der Waals surface area contributed by atoms with Gasteiger partial charge in [-0.05, 0) is 12.8 Å². The molecular weight excluding hydrogens is 499 g/mol. The van der Waals surface area contributed by atoms with Crippen molar-refractivity contribution >= 4 is 37.4 Å². The van der Waals surface area contributed by atoms with E-state index in [0.29, 0.717) is 19.3 Å². The first-order valence-electron chi connectivity index (χ1n) is 12.0. The number of aliphatic carboxylic acids is 1. The fourth-order valence-corrected chi connectivity index (χ4v) is 4.48. The van der Waals surface area contributed by atoms with Crippen LogP contribution in [0.15, 0.2) is 0 Å². The van der Waals surface area contributed by atoms with Crippen LogP contribution in [0.3, 0.4) is 0 Å². The van der Waals surface area contributed by atoms with Crippen molar-refractivity contribution in [2.24, 2.45) is 0 Å². The van der Waals surface area contributed by atoms with Crippen molar-refractivity contribution in [2.75, 3.05) is 19.7 Å². The van der Waals surface area contributed by atoms with Crippen LogP contribution in [0.25, 0.3) is 0 Å². The number of hydrogen-bond donors (Lipinski definition) is 3. The first-order chi connectivity index (χ1) is 16.9. The molecule has 1 fully saturated rings. The van der Waals surface area contributed by atoms with Gasteiger partial charge in [-0.3, -0.25) is 33.0 Å². The third kappa shape index (κ3) is 12.1. The fourth-order valence-electron chi connectivity index (χ4n) is 3.59. The summed E-state index contributed by atoms with van der Waals surface area (Å²) in [6.45, 7) is 4.32. The van der Waals surface area contributed by atoms with E-state index in [0.717, 1.165) is 0 Å². The lowest BCUT2D eigenvalue weighted by Gasteiger charge is -2.24. The first-order valence-corrected chi connectivity index (χ1v) is 13.5. The molecule has 0 saturated carbocycles. The second kappa shape index (κ2) is 15.7.